The maximum atomic E-state index is 12.8. The van der Waals surface area contributed by atoms with Crippen LogP contribution in [0.5, 0.6) is 0 Å². The smallest absolute Gasteiger partial charge is 0.369 e. The Bertz CT molecular complexity index is 1310. The van der Waals surface area contributed by atoms with Crippen LogP contribution in [0.1, 0.15) is 17.8 Å². The minimum absolute atomic E-state index is 0.102. The first-order chi connectivity index (χ1) is 14.6. The molecule has 8 nitrogen and oxygen atoms in total. The molecule has 0 saturated carbocycles. The second-order valence-corrected chi connectivity index (χ2v) is 7.08. The molecule has 0 aliphatic heterocycles. The SMILES string of the molecule is Cc1cc(-c2c(-c3ccccn3)nc(N)n3c(=O)n(CCC(F)(F)F)nc23)cc(C)n1. The summed E-state index contributed by atoms with van der Waals surface area (Å²) >= 11 is 0. The van der Waals surface area contributed by atoms with E-state index in [0.29, 0.717) is 22.5 Å². The molecule has 4 heterocycles. The number of fused-ring (bicyclic) bond motifs is 1. The highest BCUT2D eigenvalue weighted by molar-refractivity contribution is 5.89. The largest absolute Gasteiger partial charge is 0.390 e. The molecule has 160 valence electrons. The van der Waals surface area contributed by atoms with E-state index in [1.54, 1.807) is 36.5 Å². The van der Waals surface area contributed by atoms with Crippen molar-refractivity contribution in [2.24, 2.45) is 0 Å². The number of nitrogen functional groups attached to an aromatic ring is 1. The molecule has 0 aliphatic carbocycles. The molecule has 2 N–H and O–H groups in total. The third-order valence-corrected chi connectivity index (χ3v) is 4.64. The van der Waals surface area contributed by atoms with Crippen molar-refractivity contribution >= 4 is 11.6 Å². The van der Waals surface area contributed by atoms with Crippen LogP contribution in [0.15, 0.2) is 41.3 Å². The van der Waals surface area contributed by atoms with E-state index in [-0.39, 0.29) is 11.6 Å². The Labute approximate surface area is 174 Å². The lowest BCUT2D eigenvalue weighted by Crippen LogP contribution is -2.25. The van der Waals surface area contributed by atoms with Crippen LogP contribution in [0, 0.1) is 13.8 Å². The van der Waals surface area contributed by atoms with Crippen LogP contribution in [0.3, 0.4) is 0 Å². The molecule has 0 fully saturated rings. The van der Waals surface area contributed by atoms with Gasteiger partial charge >= 0.3 is 11.9 Å². The zero-order valence-corrected chi connectivity index (χ0v) is 16.7. The Morgan fingerprint density at radius 1 is 1.10 bits per heavy atom. The van der Waals surface area contributed by atoms with Crippen molar-refractivity contribution in [1.29, 1.82) is 0 Å². The van der Waals surface area contributed by atoms with E-state index in [9.17, 15) is 18.0 Å². The van der Waals surface area contributed by atoms with E-state index in [0.717, 1.165) is 20.5 Å². The average Bonchev–Trinajstić information content (AvgIpc) is 3.02. The number of hydrogen-bond acceptors (Lipinski definition) is 6. The van der Waals surface area contributed by atoms with Gasteiger partial charge in [-0.1, -0.05) is 6.07 Å². The summed E-state index contributed by atoms with van der Waals surface area (Å²) < 4.78 is 39.9. The highest BCUT2D eigenvalue weighted by atomic mass is 19.4. The predicted molar refractivity (Wildman–Crippen MR) is 108 cm³/mol. The molecule has 0 atom stereocenters. The summed E-state index contributed by atoms with van der Waals surface area (Å²) in [6.07, 6.45) is -4.04. The van der Waals surface area contributed by atoms with Gasteiger partial charge in [-0.2, -0.15) is 13.2 Å². The number of alkyl halides is 3. The molecule has 4 aromatic heterocycles. The van der Waals surface area contributed by atoms with Gasteiger partial charge in [0.15, 0.2) is 5.65 Å². The maximum Gasteiger partial charge on any atom is 0.390 e. The summed E-state index contributed by atoms with van der Waals surface area (Å²) in [7, 11) is 0. The number of pyridine rings is 2. The summed E-state index contributed by atoms with van der Waals surface area (Å²) in [6.45, 7) is 3.00. The third kappa shape index (κ3) is 3.98. The van der Waals surface area contributed by atoms with Crippen molar-refractivity contribution in [1.82, 2.24) is 29.1 Å². The first-order valence-corrected chi connectivity index (χ1v) is 9.37. The van der Waals surface area contributed by atoms with Gasteiger partial charge in [-0.3, -0.25) is 9.97 Å². The lowest BCUT2D eigenvalue weighted by Gasteiger charge is -2.12. The number of nitrogens with zero attached hydrogens (tertiary/aromatic N) is 6. The molecular formula is C20H18F3N7O. The molecule has 4 rings (SSSR count). The minimum atomic E-state index is -4.43. The third-order valence-electron chi connectivity index (χ3n) is 4.64. The summed E-state index contributed by atoms with van der Waals surface area (Å²) in [5.41, 5.74) is 8.71. The van der Waals surface area contributed by atoms with E-state index in [1.807, 2.05) is 13.8 Å². The minimum Gasteiger partial charge on any atom is -0.369 e. The highest BCUT2D eigenvalue weighted by Crippen LogP contribution is 2.34. The summed E-state index contributed by atoms with van der Waals surface area (Å²) in [4.78, 5) is 25.8. The quantitative estimate of drug-likeness (QED) is 0.534. The normalized spacial score (nSPS) is 11.9. The van der Waals surface area contributed by atoms with Gasteiger partial charge in [0.1, 0.15) is 5.69 Å². The van der Waals surface area contributed by atoms with Gasteiger partial charge in [0.2, 0.25) is 5.95 Å². The summed E-state index contributed by atoms with van der Waals surface area (Å²) in [5.74, 6) is -0.190. The van der Waals surface area contributed by atoms with Gasteiger partial charge in [0.05, 0.1) is 24.2 Å². The molecule has 0 amide bonds. The summed E-state index contributed by atoms with van der Waals surface area (Å²) in [6, 6.07) is 8.80. The fourth-order valence-electron chi connectivity index (χ4n) is 3.41. The molecule has 31 heavy (non-hydrogen) atoms. The molecule has 0 saturated heterocycles. The molecule has 0 unspecified atom stereocenters. The highest BCUT2D eigenvalue weighted by Gasteiger charge is 2.28. The van der Waals surface area contributed by atoms with Crippen LogP contribution < -0.4 is 11.4 Å². The number of anilines is 1. The number of aryl methyl sites for hydroxylation is 3. The van der Waals surface area contributed by atoms with E-state index < -0.39 is 24.8 Å². The number of halogens is 3. The molecular weight excluding hydrogens is 411 g/mol. The van der Waals surface area contributed by atoms with Crippen molar-refractivity contribution in [3.05, 3.63) is 58.4 Å². The van der Waals surface area contributed by atoms with Crippen LogP contribution >= 0.6 is 0 Å². The number of nitrogens with two attached hydrogens (primary N) is 1. The number of rotatable bonds is 4. The molecule has 0 spiro atoms. The Morgan fingerprint density at radius 2 is 1.81 bits per heavy atom. The molecule has 0 aliphatic rings. The van der Waals surface area contributed by atoms with E-state index >= 15 is 0 Å². The lowest BCUT2D eigenvalue weighted by atomic mass is 10.0. The zero-order valence-electron chi connectivity index (χ0n) is 16.7. The zero-order chi connectivity index (χ0) is 22.3. The average molecular weight is 429 g/mol. The van der Waals surface area contributed by atoms with Crippen LogP contribution in [0.4, 0.5) is 19.1 Å². The maximum absolute atomic E-state index is 12.8. The molecule has 0 radical (unpaired) electrons. The van der Waals surface area contributed by atoms with Crippen molar-refractivity contribution in [3.63, 3.8) is 0 Å². The fraction of sp³-hybridized carbons (Fsp3) is 0.250. The van der Waals surface area contributed by atoms with Gasteiger partial charge in [0.25, 0.3) is 0 Å². The van der Waals surface area contributed by atoms with E-state index in [1.165, 1.54) is 0 Å². The van der Waals surface area contributed by atoms with Crippen LogP contribution in [0.2, 0.25) is 0 Å². The van der Waals surface area contributed by atoms with E-state index in [4.69, 9.17) is 5.73 Å². The lowest BCUT2D eigenvalue weighted by molar-refractivity contribution is -0.137. The van der Waals surface area contributed by atoms with Crippen LogP contribution in [0.25, 0.3) is 28.2 Å². The number of hydrogen-bond donors (Lipinski definition) is 1. The first kappa shape index (κ1) is 20.5. The first-order valence-electron chi connectivity index (χ1n) is 9.37. The fourth-order valence-corrected chi connectivity index (χ4v) is 3.41. The van der Waals surface area contributed by atoms with Crippen molar-refractivity contribution in [2.75, 3.05) is 5.73 Å². The van der Waals surface area contributed by atoms with Gasteiger partial charge in [-0.25, -0.2) is 18.9 Å². The topological polar surface area (TPSA) is 104 Å². The Kier molecular flexibility index (Phi) is 4.96. The second-order valence-electron chi connectivity index (χ2n) is 7.08. The van der Waals surface area contributed by atoms with Gasteiger partial charge < -0.3 is 5.73 Å². The van der Waals surface area contributed by atoms with E-state index in [2.05, 4.69) is 20.1 Å². The van der Waals surface area contributed by atoms with Gasteiger partial charge in [-0.05, 0) is 43.7 Å². The van der Waals surface area contributed by atoms with Crippen molar-refractivity contribution in [3.8, 4) is 22.5 Å². The summed E-state index contributed by atoms with van der Waals surface area (Å²) in [5, 5.41) is 4.20. The Balaban J connectivity index is 2.05. The molecule has 4 aromatic rings. The Morgan fingerprint density at radius 3 is 2.42 bits per heavy atom. The molecule has 0 aromatic carbocycles. The van der Waals surface area contributed by atoms with Crippen molar-refractivity contribution < 1.29 is 13.2 Å². The standard InChI is InChI=1S/C20H18F3N7O/c1-11-9-13(10-12(2)26-11)15-16(14-5-3-4-7-25-14)27-18(24)30-17(15)28-29(19(30)31)8-6-20(21,22)23/h3-5,7,9-10H,6,8H2,1-2H3,(H2,24,27). The Hall–Kier alpha value is -3.76. The molecule has 0 bridgehead atoms. The number of aromatic nitrogens is 6. The molecule has 11 heteroatoms. The monoisotopic (exact) mass is 429 g/mol. The van der Waals surface area contributed by atoms with Gasteiger partial charge in [-0.15, -0.1) is 5.10 Å². The predicted octanol–water partition coefficient (Wildman–Crippen LogP) is 3.17. The van der Waals surface area contributed by atoms with Crippen molar-refractivity contribution in [2.45, 2.75) is 33.0 Å². The van der Waals surface area contributed by atoms with Crippen LogP contribution in [-0.2, 0) is 6.54 Å². The van der Waals surface area contributed by atoms with Gasteiger partial charge in [0, 0.05) is 17.6 Å². The second kappa shape index (κ2) is 7.49. The van der Waals surface area contributed by atoms with Crippen LogP contribution in [-0.4, -0.2) is 35.3 Å².